The van der Waals surface area contributed by atoms with Gasteiger partial charge >= 0.3 is 0 Å². The van der Waals surface area contributed by atoms with Gasteiger partial charge in [-0.3, -0.25) is 4.79 Å². The number of hydrogen-bond acceptors (Lipinski definition) is 3. The van der Waals surface area contributed by atoms with Gasteiger partial charge in [-0.2, -0.15) is 0 Å². The number of nitrogens with one attached hydrogen (secondary N) is 1. The van der Waals surface area contributed by atoms with E-state index in [2.05, 4.69) is 5.32 Å². The van der Waals surface area contributed by atoms with Gasteiger partial charge in [0.25, 0.3) is 5.91 Å². The predicted octanol–water partition coefficient (Wildman–Crippen LogP) is 1.10. The maximum atomic E-state index is 11.4. The second kappa shape index (κ2) is 6.85. The molecule has 0 fully saturated rings. The molecule has 92 valence electrons. The number of amides is 1. The van der Waals surface area contributed by atoms with Gasteiger partial charge in [-0.05, 0) is 12.1 Å². The molecule has 4 nitrogen and oxygen atoms in total. The third kappa shape index (κ3) is 5.31. The highest BCUT2D eigenvalue weighted by Crippen LogP contribution is 2.07. The van der Waals surface area contributed by atoms with Crippen molar-refractivity contribution in [2.24, 2.45) is 11.7 Å². The zero-order valence-electron chi connectivity index (χ0n) is 9.68. The monoisotopic (exact) mass is 252 g/mol. The van der Waals surface area contributed by atoms with Crippen molar-refractivity contribution in [3.63, 3.8) is 0 Å². The molecule has 1 unspecified atom stereocenters. The normalized spacial score (nSPS) is 11.6. The highest BCUT2D eigenvalue weighted by Gasteiger charge is 2.07. The van der Waals surface area contributed by atoms with E-state index < -0.39 is 0 Å². The summed E-state index contributed by atoms with van der Waals surface area (Å²) in [5, 5.41) is 2.70. The van der Waals surface area contributed by atoms with Gasteiger partial charge in [0.15, 0.2) is 6.61 Å². The first-order chi connectivity index (χ1) is 8.09. The summed E-state index contributed by atoms with van der Waals surface area (Å²) in [6.07, 6.45) is 0. The zero-order chi connectivity index (χ0) is 12.7. The topological polar surface area (TPSA) is 64.3 Å². The van der Waals surface area contributed by atoms with Crippen LogP contribution >= 0.6 is 12.2 Å². The lowest BCUT2D eigenvalue weighted by Crippen LogP contribution is -2.36. The van der Waals surface area contributed by atoms with Crippen molar-refractivity contribution in [3.05, 3.63) is 30.3 Å². The SMILES string of the molecule is CC(CNC(=O)COc1ccccc1)C(N)=S. The van der Waals surface area contributed by atoms with Gasteiger partial charge < -0.3 is 15.8 Å². The average molecular weight is 252 g/mol. The van der Waals surface area contributed by atoms with Crippen LogP contribution in [0.1, 0.15) is 6.92 Å². The summed E-state index contributed by atoms with van der Waals surface area (Å²) >= 11 is 4.81. The van der Waals surface area contributed by atoms with Crippen molar-refractivity contribution >= 4 is 23.1 Å². The van der Waals surface area contributed by atoms with Crippen molar-refractivity contribution in [2.45, 2.75) is 6.92 Å². The van der Waals surface area contributed by atoms with Crippen LogP contribution in [0.3, 0.4) is 0 Å². The van der Waals surface area contributed by atoms with E-state index in [9.17, 15) is 4.79 Å². The lowest BCUT2D eigenvalue weighted by molar-refractivity contribution is -0.123. The van der Waals surface area contributed by atoms with Crippen molar-refractivity contribution < 1.29 is 9.53 Å². The summed E-state index contributed by atoms with van der Waals surface area (Å²) in [7, 11) is 0. The maximum Gasteiger partial charge on any atom is 0.257 e. The number of hydrogen-bond donors (Lipinski definition) is 2. The largest absolute Gasteiger partial charge is 0.484 e. The van der Waals surface area contributed by atoms with Crippen LogP contribution in [0.25, 0.3) is 0 Å². The van der Waals surface area contributed by atoms with Crippen LogP contribution < -0.4 is 15.8 Å². The first-order valence-electron chi connectivity index (χ1n) is 5.33. The summed E-state index contributed by atoms with van der Waals surface area (Å²) in [6.45, 7) is 2.29. The van der Waals surface area contributed by atoms with Gasteiger partial charge in [0.2, 0.25) is 0 Å². The van der Waals surface area contributed by atoms with E-state index in [0.29, 0.717) is 17.3 Å². The number of carbonyl (C=O) groups excluding carboxylic acids is 1. The molecule has 0 spiro atoms. The Morgan fingerprint density at radius 2 is 2.12 bits per heavy atom. The minimum absolute atomic E-state index is 0.00589. The third-order valence-electron chi connectivity index (χ3n) is 2.20. The summed E-state index contributed by atoms with van der Waals surface area (Å²) in [5.41, 5.74) is 5.44. The average Bonchev–Trinajstić information content (AvgIpc) is 2.34. The van der Waals surface area contributed by atoms with Crippen LogP contribution in [0, 0.1) is 5.92 Å². The van der Waals surface area contributed by atoms with Crippen LogP contribution in [-0.4, -0.2) is 24.0 Å². The van der Waals surface area contributed by atoms with E-state index in [0.717, 1.165) is 0 Å². The number of nitrogens with two attached hydrogens (primary N) is 1. The molecule has 0 saturated heterocycles. The Morgan fingerprint density at radius 3 is 2.71 bits per heavy atom. The molecule has 1 rings (SSSR count). The molecule has 0 bridgehead atoms. The first kappa shape index (κ1) is 13.4. The second-order valence-corrected chi connectivity index (χ2v) is 4.18. The Kier molecular flexibility index (Phi) is 5.42. The number of carbonyl (C=O) groups is 1. The summed E-state index contributed by atoms with van der Waals surface area (Å²) in [4.78, 5) is 11.8. The fraction of sp³-hybridized carbons (Fsp3) is 0.333. The lowest BCUT2D eigenvalue weighted by atomic mass is 10.2. The van der Waals surface area contributed by atoms with E-state index in [1.165, 1.54) is 0 Å². The van der Waals surface area contributed by atoms with Gasteiger partial charge in [0.1, 0.15) is 5.75 Å². The fourth-order valence-electron chi connectivity index (χ4n) is 1.08. The molecule has 1 atom stereocenters. The third-order valence-corrected chi connectivity index (χ3v) is 2.61. The molecule has 0 aliphatic heterocycles. The Balaban J connectivity index is 2.24. The molecular formula is C12H16N2O2S. The van der Waals surface area contributed by atoms with Crippen LogP contribution in [0.5, 0.6) is 5.75 Å². The number of para-hydroxylation sites is 1. The van der Waals surface area contributed by atoms with Gasteiger partial charge in [-0.1, -0.05) is 37.3 Å². The number of benzene rings is 1. The molecule has 0 heterocycles. The summed E-state index contributed by atoms with van der Waals surface area (Å²) < 4.78 is 5.28. The van der Waals surface area contributed by atoms with Crippen LogP contribution in [0.2, 0.25) is 0 Å². The van der Waals surface area contributed by atoms with E-state index >= 15 is 0 Å². The van der Waals surface area contributed by atoms with Crippen molar-refractivity contribution in [1.82, 2.24) is 5.32 Å². The molecule has 0 radical (unpaired) electrons. The minimum atomic E-state index is -0.183. The number of rotatable bonds is 6. The Bertz CT molecular complexity index is 381. The quantitative estimate of drug-likeness (QED) is 0.744. The fourth-order valence-corrected chi connectivity index (χ4v) is 1.17. The molecule has 0 aromatic heterocycles. The molecule has 1 aromatic rings. The van der Waals surface area contributed by atoms with Crippen molar-refractivity contribution in [2.75, 3.05) is 13.2 Å². The molecule has 17 heavy (non-hydrogen) atoms. The van der Waals surface area contributed by atoms with Crippen LogP contribution in [0.15, 0.2) is 30.3 Å². The molecule has 1 aromatic carbocycles. The predicted molar refractivity (Wildman–Crippen MR) is 70.9 cm³/mol. The van der Waals surface area contributed by atoms with E-state index in [4.69, 9.17) is 22.7 Å². The standard InChI is InChI=1S/C12H16N2O2S/c1-9(12(13)17)7-14-11(15)8-16-10-5-3-2-4-6-10/h2-6,9H,7-8H2,1H3,(H2,13,17)(H,14,15). The van der Waals surface area contributed by atoms with Gasteiger partial charge in [-0.25, -0.2) is 0 Å². The second-order valence-electron chi connectivity index (χ2n) is 3.71. The number of thiocarbonyl (C=S) groups is 1. The van der Waals surface area contributed by atoms with Crippen LogP contribution in [-0.2, 0) is 4.79 Å². The van der Waals surface area contributed by atoms with E-state index in [1.54, 1.807) is 12.1 Å². The lowest BCUT2D eigenvalue weighted by Gasteiger charge is -2.11. The molecule has 0 aliphatic rings. The van der Waals surface area contributed by atoms with E-state index in [-0.39, 0.29) is 18.4 Å². The molecule has 5 heteroatoms. The van der Waals surface area contributed by atoms with Gasteiger partial charge in [0.05, 0.1) is 4.99 Å². The Labute approximate surface area is 106 Å². The van der Waals surface area contributed by atoms with Gasteiger partial charge in [-0.15, -0.1) is 0 Å². The Hall–Kier alpha value is -1.62. The Morgan fingerprint density at radius 1 is 1.47 bits per heavy atom. The van der Waals surface area contributed by atoms with Crippen LogP contribution in [0.4, 0.5) is 0 Å². The molecule has 1 amide bonds. The minimum Gasteiger partial charge on any atom is -0.484 e. The highest BCUT2D eigenvalue weighted by atomic mass is 32.1. The van der Waals surface area contributed by atoms with Crippen molar-refractivity contribution in [3.8, 4) is 5.75 Å². The zero-order valence-corrected chi connectivity index (χ0v) is 10.5. The van der Waals surface area contributed by atoms with Gasteiger partial charge in [0, 0.05) is 12.5 Å². The molecular weight excluding hydrogens is 236 g/mol. The smallest absolute Gasteiger partial charge is 0.257 e. The number of ether oxygens (including phenoxy) is 1. The highest BCUT2D eigenvalue weighted by molar-refractivity contribution is 7.80. The van der Waals surface area contributed by atoms with Crippen molar-refractivity contribution in [1.29, 1.82) is 0 Å². The molecule has 0 saturated carbocycles. The van der Waals surface area contributed by atoms with E-state index in [1.807, 2.05) is 25.1 Å². The first-order valence-corrected chi connectivity index (χ1v) is 5.74. The maximum absolute atomic E-state index is 11.4. The molecule has 3 N–H and O–H groups in total. The summed E-state index contributed by atoms with van der Waals surface area (Å²) in [5.74, 6) is 0.479. The summed E-state index contributed by atoms with van der Waals surface area (Å²) in [6, 6.07) is 9.18. The molecule has 0 aliphatic carbocycles.